The summed E-state index contributed by atoms with van der Waals surface area (Å²) in [7, 11) is 3.49. The van der Waals surface area contributed by atoms with Crippen LogP contribution in [0.5, 0.6) is 5.75 Å². The van der Waals surface area contributed by atoms with Crippen molar-refractivity contribution in [3.8, 4) is 5.75 Å². The molecule has 2 aliphatic rings. The molecule has 1 saturated heterocycles. The van der Waals surface area contributed by atoms with E-state index in [1.54, 1.807) is 14.1 Å². The van der Waals surface area contributed by atoms with Crippen LogP contribution in [0.15, 0.2) is 22.7 Å². The minimum atomic E-state index is -0.203. The van der Waals surface area contributed by atoms with Gasteiger partial charge >= 0.3 is 6.09 Å². The molecule has 2 fully saturated rings. The number of halogens is 1. The van der Waals surface area contributed by atoms with Crippen LogP contribution in [0.1, 0.15) is 70.8 Å². The third-order valence-electron chi connectivity index (χ3n) is 7.12. The SMILES string of the molecule is CC(C)Oc1ccc(Br)c(CC2CCN(CCCC3CCC(OC(=O)N(C)C)CC3)CC2)c1. The highest BCUT2D eigenvalue weighted by atomic mass is 79.9. The van der Waals surface area contributed by atoms with Crippen LogP contribution < -0.4 is 4.74 Å². The van der Waals surface area contributed by atoms with Gasteiger partial charge in [-0.05, 0) is 127 Å². The maximum absolute atomic E-state index is 11.7. The minimum absolute atomic E-state index is 0.118. The first-order chi connectivity index (χ1) is 15.8. The number of benzene rings is 1. The highest BCUT2D eigenvalue weighted by Gasteiger charge is 2.25. The van der Waals surface area contributed by atoms with Crippen LogP contribution in [-0.2, 0) is 11.2 Å². The second-order valence-electron chi connectivity index (χ2n) is 10.5. The first-order valence-electron chi connectivity index (χ1n) is 12.9. The van der Waals surface area contributed by atoms with Crippen LogP contribution in [0.3, 0.4) is 0 Å². The van der Waals surface area contributed by atoms with Gasteiger partial charge in [-0.3, -0.25) is 0 Å². The second kappa shape index (κ2) is 13.0. The monoisotopic (exact) mass is 522 g/mol. The van der Waals surface area contributed by atoms with E-state index < -0.39 is 0 Å². The van der Waals surface area contributed by atoms with Crippen LogP contribution in [0.4, 0.5) is 4.79 Å². The summed E-state index contributed by atoms with van der Waals surface area (Å²) in [6.07, 6.45) is 10.9. The molecule has 1 aliphatic carbocycles. The van der Waals surface area contributed by atoms with Crippen LogP contribution >= 0.6 is 15.9 Å². The van der Waals surface area contributed by atoms with Gasteiger partial charge in [0.25, 0.3) is 0 Å². The highest BCUT2D eigenvalue weighted by Crippen LogP contribution is 2.31. The van der Waals surface area contributed by atoms with Gasteiger partial charge in [0.05, 0.1) is 6.10 Å². The van der Waals surface area contributed by atoms with E-state index in [-0.39, 0.29) is 18.3 Å². The number of nitrogens with zero attached hydrogens (tertiary/aromatic N) is 2. The number of hydrogen-bond acceptors (Lipinski definition) is 4. The standard InChI is InChI=1S/C27H43BrN2O3/c1-20(2)32-25-11-12-26(28)23(19-25)18-22-13-16-30(17-14-22)15-5-6-21-7-9-24(10-8-21)33-27(31)29(3)4/h11-12,19-22,24H,5-10,13-18H2,1-4H3. The molecule has 186 valence electrons. The van der Waals surface area contributed by atoms with Gasteiger partial charge in [0.1, 0.15) is 11.9 Å². The topological polar surface area (TPSA) is 42.0 Å². The summed E-state index contributed by atoms with van der Waals surface area (Å²) in [5.74, 6) is 2.53. The highest BCUT2D eigenvalue weighted by molar-refractivity contribution is 9.10. The fourth-order valence-electron chi connectivity index (χ4n) is 5.17. The molecule has 0 spiro atoms. The van der Waals surface area contributed by atoms with E-state index in [1.807, 2.05) is 0 Å². The third-order valence-corrected chi connectivity index (χ3v) is 7.89. The molecule has 0 bridgehead atoms. The molecule has 1 aromatic rings. The zero-order valence-corrected chi connectivity index (χ0v) is 22.6. The Balaban J connectivity index is 1.31. The molecule has 5 nitrogen and oxygen atoms in total. The number of carbonyl (C=O) groups excluding carboxylic acids is 1. The molecule has 0 N–H and O–H groups in total. The predicted molar refractivity (Wildman–Crippen MR) is 138 cm³/mol. The first-order valence-corrected chi connectivity index (χ1v) is 13.6. The van der Waals surface area contributed by atoms with E-state index in [0.29, 0.717) is 0 Å². The van der Waals surface area contributed by atoms with E-state index in [4.69, 9.17) is 9.47 Å². The van der Waals surface area contributed by atoms with Crippen LogP contribution in [0.25, 0.3) is 0 Å². The molecule has 1 aromatic carbocycles. The third kappa shape index (κ3) is 8.79. The smallest absolute Gasteiger partial charge is 0.409 e. The first kappa shape index (κ1) is 26.3. The Kier molecular flexibility index (Phi) is 10.4. The van der Waals surface area contributed by atoms with Crippen molar-refractivity contribution >= 4 is 22.0 Å². The molecular weight excluding hydrogens is 480 g/mol. The molecule has 1 saturated carbocycles. The minimum Gasteiger partial charge on any atom is -0.491 e. The predicted octanol–water partition coefficient (Wildman–Crippen LogP) is 6.53. The molecule has 0 radical (unpaired) electrons. The maximum Gasteiger partial charge on any atom is 0.409 e. The van der Waals surface area contributed by atoms with E-state index in [2.05, 4.69) is 52.9 Å². The van der Waals surface area contributed by atoms with Crippen molar-refractivity contribution in [1.29, 1.82) is 0 Å². The van der Waals surface area contributed by atoms with Gasteiger partial charge in [-0.2, -0.15) is 0 Å². The molecule has 6 heteroatoms. The molecule has 33 heavy (non-hydrogen) atoms. The number of likely N-dealkylation sites (tertiary alicyclic amines) is 1. The Hall–Kier alpha value is -1.27. The van der Waals surface area contributed by atoms with Crippen molar-refractivity contribution < 1.29 is 14.3 Å². The Bertz CT molecular complexity index is 739. The number of carbonyl (C=O) groups is 1. The summed E-state index contributed by atoms with van der Waals surface area (Å²) in [6.45, 7) is 7.82. The zero-order valence-electron chi connectivity index (χ0n) is 21.0. The molecule has 0 aromatic heterocycles. The average Bonchev–Trinajstić information content (AvgIpc) is 2.78. The fraction of sp³-hybridized carbons (Fsp3) is 0.741. The van der Waals surface area contributed by atoms with Crippen molar-refractivity contribution in [2.75, 3.05) is 33.7 Å². The Morgan fingerprint density at radius 2 is 1.79 bits per heavy atom. The lowest BCUT2D eigenvalue weighted by Crippen LogP contribution is -2.35. The van der Waals surface area contributed by atoms with E-state index in [1.165, 1.54) is 73.1 Å². The number of rotatable bonds is 9. The lowest BCUT2D eigenvalue weighted by Gasteiger charge is -2.33. The van der Waals surface area contributed by atoms with Crippen LogP contribution in [-0.4, -0.2) is 61.8 Å². The fourth-order valence-corrected chi connectivity index (χ4v) is 5.58. The molecule has 0 atom stereocenters. The summed E-state index contributed by atoms with van der Waals surface area (Å²) in [4.78, 5) is 15.9. The normalized spacial score (nSPS) is 22.4. The Labute approximate surface area is 209 Å². The van der Waals surface area contributed by atoms with Gasteiger partial charge < -0.3 is 19.3 Å². The number of ether oxygens (including phenoxy) is 2. The number of hydrogen-bond donors (Lipinski definition) is 0. The Morgan fingerprint density at radius 3 is 2.42 bits per heavy atom. The van der Waals surface area contributed by atoms with E-state index in [0.717, 1.165) is 36.8 Å². The summed E-state index contributed by atoms with van der Waals surface area (Å²) in [5, 5.41) is 0. The van der Waals surface area contributed by atoms with Gasteiger partial charge in [0, 0.05) is 18.6 Å². The summed E-state index contributed by atoms with van der Waals surface area (Å²) in [6, 6.07) is 6.40. The van der Waals surface area contributed by atoms with Gasteiger partial charge in [-0.15, -0.1) is 0 Å². The van der Waals surface area contributed by atoms with Crippen molar-refractivity contribution in [3.63, 3.8) is 0 Å². The number of piperidine rings is 1. The van der Waals surface area contributed by atoms with Gasteiger partial charge in [-0.25, -0.2) is 4.79 Å². The van der Waals surface area contributed by atoms with Crippen LogP contribution in [0.2, 0.25) is 0 Å². The van der Waals surface area contributed by atoms with Gasteiger partial charge in [0.2, 0.25) is 0 Å². The lowest BCUT2D eigenvalue weighted by atomic mass is 9.84. The zero-order chi connectivity index (χ0) is 23.8. The van der Waals surface area contributed by atoms with E-state index >= 15 is 0 Å². The second-order valence-corrected chi connectivity index (χ2v) is 11.3. The van der Waals surface area contributed by atoms with Crippen molar-refractivity contribution in [3.05, 3.63) is 28.2 Å². The molecule has 0 unspecified atom stereocenters. The summed E-state index contributed by atoms with van der Waals surface area (Å²) in [5.41, 5.74) is 1.37. The quantitative estimate of drug-likeness (QED) is 0.369. The Morgan fingerprint density at radius 1 is 1.09 bits per heavy atom. The van der Waals surface area contributed by atoms with Crippen molar-refractivity contribution in [2.45, 2.75) is 83.8 Å². The van der Waals surface area contributed by atoms with E-state index in [9.17, 15) is 4.79 Å². The molecule has 1 heterocycles. The lowest BCUT2D eigenvalue weighted by molar-refractivity contribution is 0.0453. The maximum atomic E-state index is 11.7. The van der Waals surface area contributed by atoms with Gasteiger partial charge in [0.15, 0.2) is 0 Å². The van der Waals surface area contributed by atoms with Crippen molar-refractivity contribution in [2.24, 2.45) is 11.8 Å². The molecule has 1 aliphatic heterocycles. The largest absolute Gasteiger partial charge is 0.491 e. The molecule has 3 rings (SSSR count). The summed E-state index contributed by atoms with van der Waals surface area (Å²) < 4.78 is 12.6. The van der Waals surface area contributed by atoms with Gasteiger partial charge in [-0.1, -0.05) is 15.9 Å². The number of amides is 1. The molecular formula is C27H43BrN2O3. The van der Waals surface area contributed by atoms with Crippen molar-refractivity contribution in [1.82, 2.24) is 9.80 Å². The average molecular weight is 524 g/mol. The summed E-state index contributed by atoms with van der Waals surface area (Å²) >= 11 is 3.74. The van der Waals surface area contributed by atoms with Crippen LogP contribution in [0, 0.1) is 11.8 Å². The molecule has 1 amide bonds.